The van der Waals surface area contributed by atoms with E-state index in [4.69, 9.17) is 10.7 Å². The molecule has 1 saturated heterocycles. The van der Waals surface area contributed by atoms with Crippen molar-refractivity contribution in [2.45, 2.75) is 51.7 Å². The summed E-state index contributed by atoms with van der Waals surface area (Å²) in [5.41, 5.74) is 7.68. The molecule has 2 N–H and O–H groups in total. The summed E-state index contributed by atoms with van der Waals surface area (Å²) in [5.74, 6) is 0.951. The highest BCUT2D eigenvalue weighted by Gasteiger charge is 2.28. The zero-order valence-electron chi connectivity index (χ0n) is 12.3. The van der Waals surface area contributed by atoms with Gasteiger partial charge in [-0.1, -0.05) is 6.42 Å². The van der Waals surface area contributed by atoms with Crippen LogP contribution in [0.25, 0.3) is 5.65 Å². The van der Waals surface area contributed by atoms with Crippen molar-refractivity contribution in [2.75, 3.05) is 6.54 Å². The molecule has 3 heterocycles. The van der Waals surface area contributed by atoms with Gasteiger partial charge >= 0.3 is 0 Å². The van der Waals surface area contributed by atoms with Crippen LogP contribution in [0.2, 0.25) is 0 Å². The number of hydrogen-bond donors (Lipinski definition) is 1. The number of rotatable bonds is 3. The first-order valence-corrected chi connectivity index (χ1v) is 7.50. The predicted molar refractivity (Wildman–Crippen MR) is 79.3 cm³/mol. The molecule has 5 heteroatoms. The summed E-state index contributed by atoms with van der Waals surface area (Å²) in [4.78, 5) is 7.25. The molecule has 0 aliphatic carbocycles. The van der Waals surface area contributed by atoms with Gasteiger partial charge < -0.3 is 5.73 Å². The summed E-state index contributed by atoms with van der Waals surface area (Å²) >= 11 is 0. The minimum atomic E-state index is 0.352. The molecule has 1 fully saturated rings. The molecule has 0 radical (unpaired) electrons. The van der Waals surface area contributed by atoms with Crippen molar-refractivity contribution < 1.29 is 0 Å². The molecular formula is C15H23N5. The van der Waals surface area contributed by atoms with Crippen LogP contribution >= 0.6 is 0 Å². The Kier molecular flexibility index (Phi) is 3.72. The topological polar surface area (TPSA) is 59.5 Å². The fourth-order valence-corrected chi connectivity index (χ4v) is 3.06. The number of nitrogens with two attached hydrogens (primary N) is 1. The Morgan fingerprint density at radius 2 is 2.25 bits per heavy atom. The maximum absolute atomic E-state index is 5.69. The Labute approximate surface area is 119 Å². The second-order valence-corrected chi connectivity index (χ2v) is 5.86. The lowest BCUT2D eigenvalue weighted by Gasteiger charge is -2.36. The van der Waals surface area contributed by atoms with Gasteiger partial charge in [-0.3, -0.25) is 4.90 Å². The van der Waals surface area contributed by atoms with Crippen LogP contribution in [0.5, 0.6) is 0 Å². The molecule has 5 nitrogen and oxygen atoms in total. The zero-order chi connectivity index (χ0) is 14.1. The summed E-state index contributed by atoms with van der Waals surface area (Å²) in [6.45, 7) is 6.19. The fraction of sp³-hybridized carbons (Fsp3) is 0.600. The molecule has 1 unspecified atom stereocenters. The average Bonchev–Trinajstić information content (AvgIpc) is 2.89. The van der Waals surface area contributed by atoms with Crippen molar-refractivity contribution >= 4 is 5.65 Å². The standard InChI is InChI=1S/C15H23N5/c1-11(2)19-7-4-3-5-13(19)15-17-14-9-12(10-16)6-8-20(14)18-15/h6,8-9,11,13H,3-5,7,10,16H2,1-2H3. The highest BCUT2D eigenvalue weighted by Crippen LogP contribution is 2.30. The minimum Gasteiger partial charge on any atom is -0.326 e. The van der Waals surface area contributed by atoms with E-state index in [0.717, 1.165) is 30.0 Å². The molecule has 2 aromatic rings. The molecule has 0 saturated carbocycles. The normalized spacial score (nSPS) is 20.9. The van der Waals surface area contributed by atoms with Gasteiger partial charge in [-0.15, -0.1) is 5.10 Å². The minimum absolute atomic E-state index is 0.352. The first-order valence-electron chi connectivity index (χ1n) is 7.50. The molecule has 0 amide bonds. The van der Waals surface area contributed by atoms with Crippen molar-refractivity contribution in [1.29, 1.82) is 0 Å². The van der Waals surface area contributed by atoms with Crippen molar-refractivity contribution in [3.8, 4) is 0 Å². The summed E-state index contributed by atoms with van der Waals surface area (Å²) < 4.78 is 1.86. The van der Waals surface area contributed by atoms with Crippen LogP contribution in [0, 0.1) is 0 Å². The van der Waals surface area contributed by atoms with Crippen molar-refractivity contribution in [3.05, 3.63) is 29.7 Å². The molecule has 0 aromatic carbocycles. The lowest BCUT2D eigenvalue weighted by atomic mass is 10.00. The van der Waals surface area contributed by atoms with E-state index in [2.05, 4.69) is 23.8 Å². The zero-order valence-corrected chi connectivity index (χ0v) is 12.3. The maximum atomic E-state index is 5.69. The number of piperidine rings is 1. The third-order valence-electron chi connectivity index (χ3n) is 4.16. The number of fused-ring (bicyclic) bond motifs is 1. The van der Waals surface area contributed by atoms with Gasteiger partial charge in [0.15, 0.2) is 11.5 Å². The quantitative estimate of drug-likeness (QED) is 0.930. The second kappa shape index (κ2) is 5.50. The molecule has 0 spiro atoms. The van der Waals surface area contributed by atoms with E-state index < -0.39 is 0 Å². The molecular weight excluding hydrogens is 250 g/mol. The molecule has 20 heavy (non-hydrogen) atoms. The lowest BCUT2D eigenvalue weighted by Crippen LogP contribution is -2.39. The van der Waals surface area contributed by atoms with E-state index in [0.29, 0.717) is 18.6 Å². The van der Waals surface area contributed by atoms with Crippen molar-refractivity contribution in [2.24, 2.45) is 5.73 Å². The van der Waals surface area contributed by atoms with E-state index in [1.54, 1.807) is 0 Å². The fourth-order valence-electron chi connectivity index (χ4n) is 3.06. The van der Waals surface area contributed by atoms with Crippen LogP contribution < -0.4 is 5.73 Å². The van der Waals surface area contributed by atoms with Gasteiger partial charge in [0.05, 0.1) is 6.04 Å². The molecule has 0 bridgehead atoms. The first kappa shape index (κ1) is 13.5. The molecule has 3 rings (SSSR count). The van der Waals surface area contributed by atoms with Crippen LogP contribution in [0.15, 0.2) is 18.3 Å². The molecule has 2 aromatic heterocycles. The molecule has 1 aliphatic heterocycles. The third kappa shape index (κ3) is 2.43. The molecule has 1 aliphatic rings. The largest absolute Gasteiger partial charge is 0.326 e. The van der Waals surface area contributed by atoms with Gasteiger partial charge in [-0.25, -0.2) is 9.50 Å². The number of hydrogen-bond acceptors (Lipinski definition) is 4. The SMILES string of the molecule is CC(C)N1CCCCC1c1nc2cc(CN)ccn2n1. The van der Waals surface area contributed by atoms with E-state index in [1.807, 2.05) is 22.8 Å². The Hall–Kier alpha value is -1.46. The number of likely N-dealkylation sites (tertiary alicyclic amines) is 1. The van der Waals surface area contributed by atoms with Crippen molar-refractivity contribution in [3.63, 3.8) is 0 Å². The first-order chi connectivity index (χ1) is 9.69. The van der Waals surface area contributed by atoms with Crippen LogP contribution in [0.4, 0.5) is 0 Å². The summed E-state index contributed by atoms with van der Waals surface area (Å²) in [5, 5.41) is 4.67. The number of pyridine rings is 1. The average molecular weight is 273 g/mol. The lowest BCUT2D eigenvalue weighted by molar-refractivity contribution is 0.106. The summed E-state index contributed by atoms with van der Waals surface area (Å²) in [6.07, 6.45) is 5.65. The van der Waals surface area contributed by atoms with Gasteiger partial charge in [-0.05, 0) is 50.9 Å². The Balaban J connectivity index is 1.95. The number of aromatic nitrogens is 3. The smallest absolute Gasteiger partial charge is 0.168 e. The van der Waals surface area contributed by atoms with Gasteiger partial charge in [0, 0.05) is 18.8 Å². The van der Waals surface area contributed by atoms with Crippen molar-refractivity contribution in [1.82, 2.24) is 19.5 Å². The van der Waals surface area contributed by atoms with E-state index in [9.17, 15) is 0 Å². The Bertz CT molecular complexity index is 589. The molecule has 1 atom stereocenters. The van der Waals surface area contributed by atoms with E-state index in [-0.39, 0.29) is 0 Å². The Morgan fingerprint density at radius 1 is 1.40 bits per heavy atom. The molecule has 108 valence electrons. The highest BCUT2D eigenvalue weighted by molar-refractivity contribution is 5.40. The maximum Gasteiger partial charge on any atom is 0.168 e. The van der Waals surface area contributed by atoms with Gasteiger partial charge in [0.1, 0.15) is 0 Å². The van der Waals surface area contributed by atoms with Gasteiger partial charge in [0.2, 0.25) is 0 Å². The highest BCUT2D eigenvalue weighted by atomic mass is 15.3. The van der Waals surface area contributed by atoms with Gasteiger partial charge in [0.25, 0.3) is 0 Å². The second-order valence-electron chi connectivity index (χ2n) is 5.86. The van der Waals surface area contributed by atoms with Crippen LogP contribution in [0.3, 0.4) is 0 Å². The summed E-state index contributed by atoms with van der Waals surface area (Å²) in [7, 11) is 0. The van der Waals surface area contributed by atoms with Crippen LogP contribution in [0.1, 0.15) is 50.5 Å². The predicted octanol–water partition coefficient (Wildman–Crippen LogP) is 2.12. The summed E-state index contributed by atoms with van der Waals surface area (Å²) in [6, 6.07) is 4.92. The van der Waals surface area contributed by atoms with Crippen LogP contribution in [-0.4, -0.2) is 32.1 Å². The van der Waals surface area contributed by atoms with Crippen LogP contribution in [-0.2, 0) is 6.54 Å². The van der Waals surface area contributed by atoms with Gasteiger partial charge in [-0.2, -0.15) is 0 Å². The Morgan fingerprint density at radius 3 is 3.00 bits per heavy atom. The van der Waals surface area contributed by atoms with E-state index >= 15 is 0 Å². The number of nitrogens with zero attached hydrogens (tertiary/aromatic N) is 4. The monoisotopic (exact) mass is 273 g/mol. The third-order valence-corrected chi connectivity index (χ3v) is 4.16. The van der Waals surface area contributed by atoms with E-state index in [1.165, 1.54) is 12.8 Å².